The van der Waals surface area contributed by atoms with E-state index in [9.17, 15) is 9.59 Å². The van der Waals surface area contributed by atoms with E-state index < -0.39 is 12.1 Å². The molecule has 1 N–H and O–H groups in total. The molecule has 2 aromatic rings. The monoisotopic (exact) mass is 368 g/mol. The fourth-order valence-corrected chi connectivity index (χ4v) is 2.81. The minimum Gasteiger partial charge on any atom is -0.457 e. The van der Waals surface area contributed by atoms with E-state index >= 15 is 0 Å². The highest BCUT2D eigenvalue weighted by molar-refractivity contribution is 8.00. The van der Waals surface area contributed by atoms with Gasteiger partial charge in [-0.2, -0.15) is 0 Å². The maximum atomic E-state index is 11.8. The largest absolute Gasteiger partial charge is 0.457 e. The van der Waals surface area contributed by atoms with Crippen molar-refractivity contribution >= 4 is 41.1 Å². The molecule has 1 heterocycles. The highest BCUT2D eigenvalue weighted by Crippen LogP contribution is 2.25. The normalized spacial score (nSPS) is 11.8. The summed E-state index contributed by atoms with van der Waals surface area (Å²) in [6.07, 6.45) is -0.446. The van der Waals surface area contributed by atoms with Crippen molar-refractivity contribution in [3.63, 3.8) is 0 Å². The molecule has 0 radical (unpaired) electrons. The van der Waals surface area contributed by atoms with E-state index in [4.69, 9.17) is 20.9 Å². The summed E-state index contributed by atoms with van der Waals surface area (Å²) < 4.78 is 10.2. The van der Waals surface area contributed by atoms with E-state index in [0.717, 1.165) is 17.3 Å². The maximum absolute atomic E-state index is 11.8. The molecule has 0 aliphatic rings. The van der Waals surface area contributed by atoms with Crippen molar-refractivity contribution in [1.29, 1.82) is 0 Å². The smallest absolute Gasteiger partial charge is 0.316 e. The Kier molecular flexibility index (Phi) is 6.69. The van der Waals surface area contributed by atoms with Crippen molar-refractivity contribution < 1.29 is 18.8 Å². The van der Waals surface area contributed by atoms with Crippen LogP contribution >= 0.6 is 23.4 Å². The number of hydrogen-bond acceptors (Lipinski definition) is 6. The van der Waals surface area contributed by atoms with Crippen molar-refractivity contribution in [2.75, 3.05) is 16.8 Å². The van der Waals surface area contributed by atoms with Crippen LogP contribution in [0.4, 0.5) is 5.82 Å². The minimum absolute atomic E-state index is 0.0695. The summed E-state index contributed by atoms with van der Waals surface area (Å²) in [5, 5.41) is 6.79. The molecule has 0 aliphatic heterocycles. The molecule has 128 valence electrons. The average Bonchev–Trinajstić information content (AvgIpc) is 2.92. The lowest BCUT2D eigenvalue weighted by Gasteiger charge is -2.14. The van der Waals surface area contributed by atoms with Crippen LogP contribution in [0.3, 0.4) is 0 Å². The number of amides is 1. The number of rotatable bonds is 7. The summed E-state index contributed by atoms with van der Waals surface area (Å²) in [6, 6.07) is 8.80. The molecule has 0 spiro atoms. The number of carbonyl (C=O) groups is 2. The van der Waals surface area contributed by atoms with E-state index in [-0.39, 0.29) is 17.4 Å². The second-order valence-corrected chi connectivity index (χ2v) is 6.41. The first kappa shape index (κ1) is 18.4. The maximum Gasteiger partial charge on any atom is 0.316 e. The topological polar surface area (TPSA) is 81.4 Å². The molecule has 0 aliphatic carbocycles. The number of nitrogens with one attached hydrogen (secondary N) is 1. The minimum atomic E-state index is -0.446. The van der Waals surface area contributed by atoms with Gasteiger partial charge < -0.3 is 14.6 Å². The van der Waals surface area contributed by atoms with Gasteiger partial charge in [0.2, 0.25) is 5.91 Å². The molecule has 6 nitrogen and oxygen atoms in total. The highest BCUT2D eigenvalue weighted by Gasteiger charge is 2.15. The Hall–Kier alpha value is -1.99. The van der Waals surface area contributed by atoms with E-state index in [1.807, 2.05) is 12.1 Å². The summed E-state index contributed by atoms with van der Waals surface area (Å²) >= 11 is 7.22. The molecular weight excluding hydrogens is 352 g/mol. The summed E-state index contributed by atoms with van der Waals surface area (Å²) in [6.45, 7) is 3.48. The molecular formula is C16H17ClN2O4S. The van der Waals surface area contributed by atoms with Crippen molar-refractivity contribution in [2.45, 2.75) is 20.0 Å². The Labute approximate surface area is 148 Å². The Morgan fingerprint density at radius 2 is 2.12 bits per heavy atom. The summed E-state index contributed by atoms with van der Waals surface area (Å²) in [5.41, 5.74) is 0.747. The summed E-state index contributed by atoms with van der Waals surface area (Å²) in [5.74, 6) is 0.475. The van der Waals surface area contributed by atoms with Crippen LogP contribution in [0, 0.1) is 6.92 Å². The quantitative estimate of drug-likeness (QED) is 0.752. The van der Waals surface area contributed by atoms with Gasteiger partial charge in [-0.25, -0.2) is 0 Å². The van der Waals surface area contributed by atoms with Gasteiger partial charge in [-0.15, -0.1) is 11.8 Å². The Morgan fingerprint density at radius 1 is 1.38 bits per heavy atom. The third kappa shape index (κ3) is 5.58. The third-order valence-corrected chi connectivity index (χ3v) is 4.25. The molecule has 0 unspecified atom stereocenters. The zero-order chi connectivity index (χ0) is 17.5. The van der Waals surface area contributed by atoms with Gasteiger partial charge in [0.1, 0.15) is 11.9 Å². The number of esters is 1. The number of ether oxygens (including phenoxy) is 1. The lowest BCUT2D eigenvalue weighted by atomic mass is 10.1. The molecule has 24 heavy (non-hydrogen) atoms. The first-order valence-corrected chi connectivity index (χ1v) is 8.74. The molecule has 0 bridgehead atoms. The SMILES string of the molecule is Cc1cc(NC(=O)CSCC(=O)O[C@@H](C)c2ccccc2Cl)no1. The molecule has 1 amide bonds. The Bertz CT molecular complexity index is 720. The molecule has 1 atom stereocenters. The standard InChI is InChI=1S/C16H17ClN2O4S/c1-10-7-14(19-23-10)18-15(20)8-24-9-16(21)22-11(2)12-5-3-4-6-13(12)17/h3-7,11H,8-9H2,1-2H3,(H,18,19,20)/t11-/m0/s1. The first-order chi connectivity index (χ1) is 11.5. The molecule has 0 fully saturated rings. The number of halogens is 1. The predicted molar refractivity (Wildman–Crippen MR) is 93.2 cm³/mol. The number of carbonyl (C=O) groups excluding carboxylic acids is 2. The number of thioether (sulfide) groups is 1. The molecule has 1 aromatic carbocycles. The van der Waals surface area contributed by atoms with Gasteiger partial charge in [0.25, 0.3) is 0 Å². The number of hydrogen-bond donors (Lipinski definition) is 1. The lowest BCUT2D eigenvalue weighted by Crippen LogP contribution is -2.17. The van der Waals surface area contributed by atoms with Gasteiger partial charge in [-0.3, -0.25) is 9.59 Å². The number of anilines is 1. The second kappa shape index (κ2) is 8.75. The van der Waals surface area contributed by atoms with Gasteiger partial charge >= 0.3 is 5.97 Å². The Morgan fingerprint density at radius 3 is 2.79 bits per heavy atom. The molecule has 2 rings (SSSR count). The number of aromatic nitrogens is 1. The third-order valence-electron chi connectivity index (χ3n) is 3.00. The van der Waals surface area contributed by atoms with Crippen LogP contribution in [-0.4, -0.2) is 28.5 Å². The predicted octanol–water partition coefficient (Wildman–Crippen LogP) is 3.61. The van der Waals surface area contributed by atoms with Crippen molar-refractivity contribution in [1.82, 2.24) is 5.16 Å². The summed E-state index contributed by atoms with van der Waals surface area (Å²) in [4.78, 5) is 23.5. The zero-order valence-corrected chi connectivity index (χ0v) is 14.8. The van der Waals surface area contributed by atoms with Gasteiger partial charge in [0.05, 0.1) is 11.5 Å². The van der Waals surface area contributed by atoms with Gasteiger partial charge in [-0.05, 0) is 19.9 Å². The number of benzene rings is 1. The highest BCUT2D eigenvalue weighted by atomic mass is 35.5. The van der Waals surface area contributed by atoms with Crippen LogP contribution in [0.25, 0.3) is 0 Å². The number of nitrogens with zero attached hydrogens (tertiary/aromatic N) is 1. The number of aryl methyl sites for hydroxylation is 1. The van der Waals surface area contributed by atoms with Crippen LogP contribution in [0.15, 0.2) is 34.9 Å². The van der Waals surface area contributed by atoms with Gasteiger partial charge in [-0.1, -0.05) is 35.0 Å². The van der Waals surface area contributed by atoms with Crippen LogP contribution < -0.4 is 5.32 Å². The fourth-order valence-electron chi connectivity index (χ4n) is 1.93. The zero-order valence-electron chi connectivity index (χ0n) is 13.2. The lowest BCUT2D eigenvalue weighted by molar-refractivity contribution is -0.145. The first-order valence-electron chi connectivity index (χ1n) is 7.20. The van der Waals surface area contributed by atoms with Crippen molar-refractivity contribution in [2.24, 2.45) is 0 Å². The van der Waals surface area contributed by atoms with Crippen molar-refractivity contribution in [3.8, 4) is 0 Å². The van der Waals surface area contributed by atoms with E-state index in [0.29, 0.717) is 16.6 Å². The fraction of sp³-hybridized carbons (Fsp3) is 0.312. The van der Waals surface area contributed by atoms with Crippen LogP contribution in [-0.2, 0) is 14.3 Å². The summed E-state index contributed by atoms with van der Waals surface area (Å²) in [7, 11) is 0. The van der Waals surface area contributed by atoms with E-state index in [1.165, 1.54) is 0 Å². The molecule has 1 aromatic heterocycles. The average molecular weight is 369 g/mol. The molecule has 8 heteroatoms. The van der Waals surface area contributed by atoms with E-state index in [1.54, 1.807) is 32.0 Å². The van der Waals surface area contributed by atoms with Crippen LogP contribution in [0.2, 0.25) is 5.02 Å². The van der Waals surface area contributed by atoms with Crippen molar-refractivity contribution in [3.05, 3.63) is 46.7 Å². The molecule has 0 saturated carbocycles. The second-order valence-electron chi connectivity index (χ2n) is 5.02. The van der Waals surface area contributed by atoms with Crippen LogP contribution in [0.5, 0.6) is 0 Å². The van der Waals surface area contributed by atoms with E-state index in [2.05, 4.69) is 10.5 Å². The van der Waals surface area contributed by atoms with Gasteiger partial charge in [0, 0.05) is 16.7 Å². The van der Waals surface area contributed by atoms with Crippen LogP contribution in [0.1, 0.15) is 24.4 Å². The Balaban J connectivity index is 1.71. The molecule has 0 saturated heterocycles. The van der Waals surface area contributed by atoms with Gasteiger partial charge in [0.15, 0.2) is 5.82 Å².